The van der Waals surface area contributed by atoms with Crippen LogP contribution >= 0.6 is 15.9 Å². The summed E-state index contributed by atoms with van der Waals surface area (Å²) < 4.78 is 6.69. The summed E-state index contributed by atoms with van der Waals surface area (Å²) in [5, 5.41) is 3.67. The van der Waals surface area contributed by atoms with E-state index in [2.05, 4.69) is 77.6 Å². The maximum absolute atomic E-state index is 5.57. The van der Waals surface area contributed by atoms with Crippen molar-refractivity contribution >= 4 is 15.9 Å². The Morgan fingerprint density at radius 1 is 1.05 bits per heavy atom. The molecule has 1 aliphatic heterocycles. The van der Waals surface area contributed by atoms with Crippen LogP contribution in [-0.4, -0.2) is 6.61 Å². The van der Waals surface area contributed by atoms with Gasteiger partial charge in [-0.2, -0.15) is 0 Å². The predicted octanol–water partition coefficient (Wildman–Crippen LogP) is 4.80. The molecule has 1 aliphatic rings. The Kier molecular flexibility index (Phi) is 4.32. The first-order chi connectivity index (χ1) is 10.1. The minimum absolute atomic E-state index is 0.307. The zero-order valence-corrected chi connectivity index (χ0v) is 14.0. The van der Waals surface area contributed by atoms with Crippen LogP contribution in [-0.2, 0) is 6.42 Å². The molecule has 2 nitrogen and oxygen atoms in total. The number of rotatable bonds is 4. The van der Waals surface area contributed by atoms with E-state index in [0.717, 1.165) is 23.2 Å². The van der Waals surface area contributed by atoms with E-state index in [9.17, 15) is 0 Å². The largest absolute Gasteiger partial charge is 0.493 e. The minimum Gasteiger partial charge on any atom is -0.493 e. The first kappa shape index (κ1) is 14.6. The molecule has 2 aromatic carbocycles. The van der Waals surface area contributed by atoms with Crippen LogP contribution in [0.5, 0.6) is 5.75 Å². The molecule has 0 amide bonds. The van der Waals surface area contributed by atoms with E-state index >= 15 is 0 Å². The lowest BCUT2D eigenvalue weighted by molar-refractivity contribution is 0.356. The lowest BCUT2D eigenvalue weighted by Crippen LogP contribution is -2.22. The first-order valence-electron chi connectivity index (χ1n) is 7.40. The van der Waals surface area contributed by atoms with Gasteiger partial charge < -0.3 is 10.1 Å². The van der Waals surface area contributed by atoms with Crippen molar-refractivity contribution in [2.75, 3.05) is 6.61 Å². The SMILES string of the molecule is CC(N[C@@H](C)c1cccc(Br)c1)c1ccc2c(c1)CCO2. The number of benzene rings is 2. The van der Waals surface area contributed by atoms with E-state index < -0.39 is 0 Å². The van der Waals surface area contributed by atoms with Crippen LogP contribution in [0.25, 0.3) is 0 Å². The Balaban J connectivity index is 1.72. The molecule has 0 radical (unpaired) electrons. The summed E-state index contributed by atoms with van der Waals surface area (Å²) in [5.74, 6) is 1.05. The van der Waals surface area contributed by atoms with Crippen LogP contribution in [0.1, 0.15) is 42.6 Å². The fourth-order valence-corrected chi connectivity index (χ4v) is 3.24. The Bertz CT molecular complexity index is 641. The lowest BCUT2D eigenvalue weighted by Gasteiger charge is -2.21. The summed E-state index contributed by atoms with van der Waals surface area (Å²) in [6.07, 6.45) is 1.02. The van der Waals surface area contributed by atoms with E-state index in [0.29, 0.717) is 12.1 Å². The van der Waals surface area contributed by atoms with Crippen molar-refractivity contribution < 1.29 is 4.74 Å². The molecule has 3 heteroatoms. The van der Waals surface area contributed by atoms with Crippen molar-refractivity contribution in [2.24, 2.45) is 0 Å². The molecule has 0 fully saturated rings. The molecule has 2 atom stereocenters. The Hall–Kier alpha value is -1.32. The van der Waals surface area contributed by atoms with E-state index in [1.165, 1.54) is 16.7 Å². The number of nitrogens with one attached hydrogen (secondary N) is 1. The Morgan fingerprint density at radius 3 is 2.57 bits per heavy atom. The molecule has 0 aromatic heterocycles. The Labute approximate surface area is 134 Å². The highest BCUT2D eigenvalue weighted by molar-refractivity contribution is 9.10. The quantitative estimate of drug-likeness (QED) is 0.859. The third-order valence-corrected chi connectivity index (χ3v) is 4.56. The van der Waals surface area contributed by atoms with Gasteiger partial charge in [-0.25, -0.2) is 0 Å². The molecule has 21 heavy (non-hydrogen) atoms. The third kappa shape index (κ3) is 3.30. The number of fused-ring (bicyclic) bond motifs is 1. The van der Waals surface area contributed by atoms with Crippen molar-refractivity contribution in [3.05, 3.63) is 63.6 Å². The van der Waals surface area contributed by atoms with Crippen LogP contribution in [0.4, 0.5) is 0 Å². The molecule has 1 unspecified atom stereocenters. The molecule has 3 rings (SSSR count). The standard InChI is InChI=1S/C18H20BrNO/c1-12(14-4-3-5-17(19)11-14)20-13(2)15-6-7-18-16(10-15)8-9-21-18/h3-7,10-13,20H,8-9H2,1-2H3/t12-,13?/m0/s1. The van der Waals surface area contributed by atoms with Gasteiger partial charge in [0.2, 0.25) is 0 Å². The molecule has 0 spiro atoms. The number of hydrogen-bond acceptors (Lipinski definition) is 2. The van der Waals surface area contributed by atoms with E-state index in [1.54, 1.807) is 0 Å². The first-order valence-corrected chi connectivity index (χ1v) is 8.20. The van der Waals surface area contributed by atoms with Gasteiger partial charge in [0, 0.05) is 23.0 Å². The van der Waals surface area contributed by atoms with Crippen LogP contribution < -0.4 is 10.1 Å². The fourth-order valence-electron chi connectivity index (χ4n) is 2.82. The van der Waals surface area contributed by atoms with Crippen molar-refractivity contribution in [3.8, 4) is 5.75 Å². The number of ether oxygens (including phenoxy) is 1. The number of halogens is 1. The molecule has 0 saturated heterocycles. The average molecular weight is 346 g/mol. The number of hydrogen-bond donors (Lipinski definition) is 1. The second-order valence-corrected chi connectivity index (χ2v) is 6.55. The van der Waals surface area contributed by atoms with Crippen LogP contribution in [0.2, 0.25) is 0 Å². The summed E-state index contributed by atoms with van der Waals surface area (Å²) in [6.45, 7) is 5.23. The molecule has 2 aromatic rings. The molecule has 0 bridgehead atoms. The van der Waals surface area contributed by atoms with Crippen molar-refractivity contribution in [2.45, 2.75) is 32.4 Å². The van der Waals surface area contributed by atoms with E-state index in [-0.39, 0.29) is 0 Å². The van der Waals surface area contributed by atoms with Crippen molar-refractivity contribution in [3.63, 3.8) is 0 Å². The highest BCUT2D eigenvalue weighted by Crippen LogP contribution is 2.29. The van der Waals surface area contributed by atoms with Crippen LogP contribution in [0, 0.1) is 0 Å². The monoisotopic (exact) mass is 345 g/mol. The van der Waals surface area contributed by atoms with Gasteiger partial charge in [0.05, 0.1) is 6.61 Å². The lowest BCUT2D eigenvalue weighted by atomic mass is 10.0. The highest BCUT2D eigenvalue weighted by Gasteiger charge is 2.16. The second-order valence-electron chi connectivity index (χ2n) is 5.63. The highest BCUT2D eigenvalue weighted by atomic mass is 79.9. The zero-order valence-electron chi connectivity index (χ0n) is 12.4. The molecule has 1 heterocycles. The minimum atomic E-state index is 0.307. The van der Waals surface area contributed by atoms with Gasteiger partial charge >= 0.3 is 0 Å². The van der Waals surface area contributed by atoms with Crippen LogP contribution in [0.15, 0.2) is 46.9 Å². The molecular formula is C18H20BrNO. The molecule has 0 saturated carbocycles. The summed E-state index contributed by atoms with van der Waals surface area (Å²) in [4.78, 5) is 0. The Morgan fingerprint density at radius 2 is 1.81 bits per heavy atom. The van der Waals surface area contributed by atoms with Gasteiger partial charge in [0.15, 0.2) is 0 Å². The maximum Gasteiger partial charge on any atom is 0.122 e. The van der Waals surface area contributed by atoms with Gasteiger partial charge in [-0.1, -0.05) is 40.2 Å². The zero-order chi connectivity index (χ0) is 14.8. The average Bonchev–Trinajstić information content (AvgIpc) is 2.94. The topological polar surface area (TPSA) is 21.3 Å². The second kappa shape index (κ2) is 6.20. The van der Waals surface area contributed by atoms with Crippen LogP contribution in [0.3, 0.4) is 0 Å². The van der Waals surface area contributed by atoms with Gasteiger partial charge in [-0.05, 0) is 48.7 Å². The van der Waals surface area contributed by atoms with Crippen molar-refractivity contribution in [1.82, 2.24) is 5.32 Å². The predicted molar refractivity (Wildman–Crippen MR) is 89.7 cm³/mol. The fraction of sp³-hybridized carbons (Fsp3) is 0.333. The van der Waals surface area contributed by atoms with Crippen molar-refractivity contribution in [1.29, 1.82) is 0 Å². The van der Waals surface area contributed by atoms with Gasteiger partial charge in [-0.15, -0.1) is 0 Å². The summed E-state index contributed by atoms with van der Waals surface area (Å²) in [5.41, 5.74) is 3.94. The van der Waals surface area contributed by atoms with E-state index in [4.69, 9.17) is 4.74 Å². The summed E-state index contributed by atoms with van der Waals surface area (Å²) in [7, 11) is 0. The van der Waals surface area contributed by atoms with Gasteiger partial charge in [0.25, 0.3) is 0 Å². The smallest absolute Gasteiger partial charge is 0.122 e. The molecule has 0 aliphatic carbocycles. The van der Waals surface area contributed by atoms with E-state index in [1.807, 2.05) is 0 Å². The molecular weight excluding hydrogens is 326 g/mol. The van der Waals surface area contributed by atoms with Gasteiger partial charge in [-0.3, -0.25) is 0 Å². The molecule has 110 valence electrons. The third-order valence-electron chi connectivity index (χ3n) is 4.06. The maximum atomic E-state index is 5.57. The molecule has 1 N–H and O–H groups in total. The summed E-state index contributed by atoms with van der Waals surface area (Å²) >= 11 is 3.53. The van der Waals surface area contributed by atoms with Gasteiger partial charge in [0.1, 0.15) is 5.75 Å². The normalized spacial score (nSPS) is 16.1. The summed E-state index contributed by atoms with van der Waals surface area (Å²) in [6, 6.07) is 15.6.